The second-order valence-electron chi connectivity index (χ2n) is 5.81. The van der Waals surface area contributed by atoms with Crippen LogP contribution in [0, 0.1) is 17.2 Å². The molecule has 3 fully saturated rings. The van der Waals surface area contributed by atoms with Crippen LogP contribution in [0.15, 0.2) is 29.2 Å². The minimum atomic E-state index is -3.77. The third kappa shape index (κ3) is 2.28. The molecule has 3 aliphatic rings. The molecule has 6 nitrogen and oxygen atoms in total. The first kappa shape index (κ1) is 15.0. The van der Waals surface area contributed by atoms with Crippen LogP contribution in [-0.2, 0) is 14.8 Å². The number of sulfonamides is 1. The molecular weight excluding hydrogens is 302 g/mol. The third-order valence-corrected chi connectivity index (χ3v) is 6.45. The fourth-order valence-electron chi connectivity index (χ4n) is 3.24. The SMILES string of the molecule is CN1C(=O)[C@@H]2CC[C@H]1CN(S(=O)(=O)c1ccccc1C#N)C2. The number of carbonyl (C=O) groups excluding carboxylic acids is 1. The van der Waals surface area contributed by atoms with Crippen LogP contribution in [-0.4, -0.2) is 49.7 Å². The number of benzene rings is 1. The van der Waals surface area contributed by atoms with Gasteiger partial charge < -0.3 is 4.90 Å². The Bertz CT molecular complexity index is 754. The molecular formula is C15H17N3O3S. The quantitative estimate of drug-likeness (QED) is 0.807. The first-order chi connectivity index (χ1) is 10.4. The van der Waals surface area contributed by atoms with Gasteiger partial charge in [-0.05, 0) is 25.0 Å². The number of hydrogen-bond acceptors (Lipinski definition) is 4. The summed E-state index contributed by atoms with van der Waals surface area (Å²) in [5.74, 6) is -0.268. The zero-order chi connectivity index (χ0) is 15.9. The van der Waals surface area contributed by atoms with Gasteiger partial charge in [0.05, 0.1) is 16.4 Å². The summed E-state index contributed by atoms with van der Waals surface area (Å²) in [6.07, 6.45) is 1.54. The van der Waals surface area contributed by atoms with Gasteiger partial charge in [0.25, 0.3) is 0 Å². The Hall–Kier alpha value is -1.91. The summed E-state index contributed by atoms with van der Waals surface area (Å²) in [7, 11) is -2.03. The minimum absolute atomic E-state index is 0.0162. The second kappa shape index (κ2) is 5.38. The van der Waals surface area contributed by atoms with Crippen LogP contribution in [0.2, 0.25) is 0 Å². The molecule has 0 unspecified atom stereocenters. The number of fused-ring (bicyclic) bond motifs is 4. The van der Waals surface area contributed by atoms with Crippen LogP contribution < -0.4 is 0 Å². The lowest BCUT2D eigenvalue weighted by Gasteiger charge is -2.32. The summed E-state index contributed by atoms with van der Waals surface area (Å²) in [5, 5.41) is 9.14. The Morgan fingerprint density at radius 2 is 1.95 bits per heavy atom. The molecule has 4 rings (SSSR count). The van der Waals surface area contributed by atoms with Gasteiger partial charge in [-0.3, -0.25) is 4.79 Å². The van der Waals surface area contributed by atoms with Crippen molar-refractivity contribution in [3.63, 3.8) is 0 Å². The molecule has 3 heterocycles. The van der Waals surface area contributed by atoms with Crippen LogP contribution in [0.1, 0.15) is 18.4 Å². The number of likely N-dealkylation sites (N-methyl/N-ethyl adjacent to an activating group) is 1. The van der Waals surface area contributed by atoms with Crippen molar-refractivity contribution in [1.82, 2.24) is 9.21 Å². The molecule has 0 spiro atoms. The molecule has 1 aromatic carbocycles. The van der Waals surface area contributed by atoms with Crippen LogP contribution in [0.25, 0.3) is 0 Å². The van der Waals surface area contributed by atoms with Crippen LogP contribution in [0.4, 0.5) is 0 Å². The van der Waals surface area contributed by atoms with E-state index < -0.39 is 10.0 Å². The van der Waals surface area contributed by atoms with E-state index in [2.05, 4.69) is 0 Å². The van der Waals surface area contributed by atoms with Crippen molar-refractivity contribution in [2.45, 2.75) is 23.8 Å². The Kier molecular flexibility index (Phi) is 3.67. The van der Waals surface area contributed by atoms with E-state index in [1.807, 2.05) is 6.07 Å². The predicted octanol–water partition coefficient (Wildman–Crippen LogP) is 0.800. The molecule has 0 aliphatic carbocycles. The summed E-state index contributed by atoms with van der Waals surface area (Å²) in [6, 6.07) is 8.04. The molecule has 0 N–H and O–H groups in total. The highest BCUT2D eigenvalue weighted by molar-refractivity contribution is 7.89. The molecule has 0 saturated carbocycles. The number of rotatable bonds is 2. The van der Waals surface area contributed by atoms with Gasteiger partial charge in [0.15, 0.2) is 0 Å². The normalized spacial score (nSPS) is 25.8. The van der Waals surface area contributed by atoms with E-state index in [-0.39, 0.29) is 34.9 Å². The van der Waals surface area contributed by atoms with Gasteiger partial charge in [-0.2, -0.15) is 9.57 Å². The standard InChI is InChI=1S/C15H17N3O3S/c1-17-13-7-6-12(15(17)19)9-18(10-13)22(20,21)14-5-3-2-4-11(14)8-16/h2-5,12-13H,6-7,9-10H2,1H3/t12-,13+/m1/s1. The lowest BCUT2D eigenvalue weighted by Crippen LogP contribution is -2.45. The highest BCUT2D eigenvalue weighted by Gasteiger charge is 2.43. The van der Waals surface area contributed by atoms with Gasteiger partial charge in [-0.25, -0.2) is 8.42 Å². The van der Waals surface area contributed by atoms with Crippen LogP contribution in [0.5, 0.6) is 0 Å². The topological polar surface area (TPSA) is 81.5 Å². The van der Waals surface area contributed by atoms with E-state index in [1.165, 1.54) is 16.4 Å². The zero-order valence-electron chi connectivity index (χ0n) is 12.3. The smallest absolute Gasteiger partial charge is 0.244 e. The molecule has 2 bridgehead atoms. The molecule has 7 heteroatoms. The Morgan fingerprint density at radius 1 is 1.23 bits per heavy atom. The van der Waals surface area contributed by atoms with E-state index in [0.29, 0.717) is 6.54 Å². The van der Waals surface area contributed by atoms with Gasteiger partial charge >= 0.3 is 0 Å². The Labute approximate surface area is 130 Å². The van der Waals surface area contributed by atoms with Crippen LogP contribution >= 0.6 is 0 Å². The van der Waals surface area contributed by atoms with Crippen molar-refractivity contribution < 1.29 is 13.2 Å². The van der Waals surface area contributed by atoms with Gasteiger partial charge in [0.2, 0.25) is 15.9 Å². The van der Waals surface area contributed by atoms with E-state index in [9.17, 15) is 13.2 Å². The molecule has 3 saturated heterocycles. The van der Waals surface area contributed by atoms with Gasteiger partial charge in [0, 0.05) is 26.2 Å². The summed E-state index contributed by atoms with van der Waals surface area (Å²) in [4.78, 5) is 13.9. The first-order valence-electron chi connectivity index (χ1n) is 7.21. The summed E-state index contributed by atoms with van der Waals surface area (Å²) in [5.41, 5.74) is 0.138. The first-order valence-corrected chi connectivity index (χ1v) is 8.65. The van der Waals surface area contributed by atoms with Gasteiger partial charge in [-0.15, -0.1) is 0 Å². The van der Waals surface area contributed by atoms with Crippen molar-refractivity contribution >= 4 is 15.9 Å². The number of piperidine rings is 1. The predicted molar refractivity (Wildman–Crippen MR) is 79.2 cm³/mol. The lowest BCUT2D eigenvalue weighted by atomic mass is 9.95. The Balaban J connectivity index is 2.00. The lowest BCUT2D eigenvalue weighted by molar-refractivity contribution is -0.138. The number of carbonyl (C=O) groups is 1. The summed E-state index contributed by atoms with van der Waals surface area (Å²) < 4.78 is 27.2. The molecule has 0 aromatic heterocycles. The van der Waals surface area contributed by atoms with Crippen molar-refractivity contribution in [1.29, 1.82) is 5.26 Å². The molecule has 22 heavy (non-hydrogen) atoms. The maximum atomic E-state index is 12.9. The van der Waals surface area contributed by atoms with E-state index >= 15 is 0 Å². The number of nitrogens with zero attached hydrogens (tertiary/aromatic N) is 3. The van der Waals surface area contributed by atoms with Crippen molar-refractivity contribution in [3.8, 4) is 6.07 Å². The highest BCUT2D eigenvalue weighted by atomic mass is 32.2. The molecule has 2 atom stereocenters. The number of nitriles is 1. The minimum Gasteiger partial charge on any atom is -0.341 e. The number of hydrogen-bond donors (Lipinski definition) is 0. The van der Waals surface area contributed by atoms with Crippen molar-refractivity contribution in [3.05, 3.63) is 29.8 Å². The molecule has 1 aromatic rings. The highest BCUT2D eigenvalue weighted by Crippen LogP contribution is 2.31. The molecule has 116 valence electrons. The largest absolute Gasteiger partial charge is 0.341 e. The van der Waals surface area contributed by atoms with Crippen molar-refractivity contribution in [2.75, 3.05) is 20.1 Å². The average molecular weight is 319 g/mol. The molecule has 0 radical (unpaired) electrons. The van der Waals surface area contributed by atoms with E-state index in [1.54, 1.807) is 24.1 Å². The number of amides is 1. The van der Waals surface area contributed by atoms with Crippen molar-refractivity contribution in [2.24, 2.45) is 5.92 Å². The maximum Gasteiger partial charge on any atom is 0.244 e. The fraction of sp³-hybridized carbons (Fsp3) is 0.467. The Morgan fingerprint density at radius 3 is 2.68 bits per heavy atom. The average Bonchev–Trinajstić information content (AvgIpc) is 2.81. The third-order valence-electron chi connectivity index (χ3n) is 4.56. The van der Waals surface area contributed by atoms with E-state index in [0.717, 1.165) is 12.8 Å². The fourth-order valence-corrected chi connectivity index (χ4v) is 4.90. The monoisotopic (exact) mass is 319 g/mol. The van der Waals surface area contributed by atoms with Crippen LogP contribution in [0.3, 0.4) is 0 Å². The van der Waals surface area contributed by atoms with Gasteiger partial charge in [-0.1, -0.05) is 12.1 Å². The summed E-state index contributed by atoms with van der Waals surface area (Å²) >= 11 is 0. The zero-order valence-corrected chi connectivity index (χ0v) is 13.1. The molecule has 1 amide bonds. The second-order valence-corrected chi connectivity index (χ2v) is 7.71. The maximum absolute atomic E-state index is 12.9. The van der Waals surface area contributed by atoms with E-state index in [4.69, 9.17) is 5.26 Å². The summed E-state index contributed by atoms with van der Waals surface area (Å²) in [6.45, 7) is 0.489. The van der Waals surface area contributed by atoms with Gasteiger partial charge in [0.1, 0.15) is 6.07 Å². The molecule has 3 aliphatic heterocycles.